The van der Waals surface area contributed by atoms with Crippen LogP contribution in [0.15, 0.2) is 0 Å². The van der Waals surface area contributed by atoms with Gasteiger partial charge in [0, 0.05) is 0 Å². The normalized spacial score (nSPS) is 13.8. The highest BCUT2D eigenvalue weighted by atomic mass is 79.9. The zero-order chi connectivity index (χ0) is 13.2. The third-order valence-electron chi connectivity index (χ3n) is 1.68. The molecule has 16 heavy (non-hydrogen) atoms. The molecule has 0 saturated carbocycles. The summed E-state index contributed by atoms with van der Waals surface area (Å²) >= 11 is 1.58. The monoisotopic (exact) mass is 308 g/mol. The van der Waals surface area contributed by atoms with E-state index in [1.165, 1.54) is 20.8 Å². The van der Waals surface area contributed by atoms with Crippen molar-refractivity contribution in [2.75, 3.05) is 6.61 Å². The third-order valence-corrected chi connectivity index (χ3v) is 2.26. The summed E-state index contributed by atoms with van der Waals surface area (Å²) in [5, 5.41) is 0. The Bertz CT molecular complexity index is 255. The number of hydrogen-bond donors (Lipinski definition) is 0. The molecule has 0 aromatic heterocycles. The van der Waals surface area contributed by atoms with Crippen molar-refractivity contribution >= 4 is 21.9 Å². The fourth-order valence-electron chi connectivity index (χ4n) is 0.630. The lowest BCUT2D eigenvalue weighted by molar-refractivity contribution is -0.170. The molecular formula is C9H13BrF4O2. The van der Waals surface area contributed by atoms with Crippen LogP contribution < -0.4 is 0 Å². The highest BCUT2D eigenvalue weighted by Gasteiger charge is 2.53. The van der Waals surface area contributed by atoms with Crippen molar-refractivity contribution in [1.82, 2.24) is 0 Å². The summed E-state index contributed by atoms with van der Waals surface area (Å²) in [6.45, 7) is 3.86. The highest BCUT2D eigenvalue weighted by molar-refractivity contribution is 9.10. The van der Waals surface area contributed by atoms with E-state index in [0.29, 0.717) is 0 Å². The number of ether oxygens (including phenoxy) is 1. The summed E-state index contributed by atoms with van der Waals surface area (Å²) in [7, 11) is 0. The number of halogens is 5. The number of alkyl halides is 5. The first kappa shape index (κ1) is 15.7. The summed E-state index contributed by atoms with van der Waals surface area (Å²) in [6.07, 6.45) is -1.23. The average molecular weight is 309 g/mol. The molecule has 0 N–H and O–H groups in total. The van der Waals surface area contributed by atoms with Crippen molar-refractivity contribution in [3.05, 3.63) is 0 Å². The van der Waals surface area contributed by atoms with Crippen molar-refractivity contribution in [3.8, 4) is 0 Å². The lowest BCUT2D eigenvalue weighted by atomic mass is 9.97. The second-order valence-corrected chi connectivity index (χ2v) is 5.33. The molecule has 0 aromatic rings. The Morgan fingerprint density at radius 1 is 1.19 bits per heavy atom. The smallest absolute Gasteiger partial charge is 0.363 e. The van der Waals surface area contributed by atoms with Crippen LogP contribution in [0.1, 0.15) is 27.2 Å². The molecule has 0 spiro atoms. The van der Waals surface area contributed by atoms with Gasteiger partial charge in [0.2, 0.25) is 0 Å². The van der Waals surface area contributed by atoms with Crippen LogP contribution in [-0.2, 0) is 9.53 Å². The van der Waals surface area contributed by atoms with E-state index in [2.05, 4.69) is 4.74 Å². The van der Waals surface area contributed by atoms with E-state index in [9.17, 15) is 22.4 Å². The van der Waals surface area contributed by atoms with Gasteiger partial charge in [-0.1, -0.05) is 0 Å². The molecule has 0 bridgehead atoms. The van der Waals surface area contributed by atoms with E-state index < -0.39 is 35.2 Å². The van der Waals surface area contributed by atoms with Gasteiger partial charge in [0.05, 0.1) is 18.4 Å². The Balaban J connectivity index is 4.15. The summed E-state index contributed by atoms with van der Waals surface area (Å²) in [6, 6.07) is 0. The predicted molar refractivity (Wildman–Crippen MR) is 53.9 cm³/mol. The number of esters is 1. The highest BCUT2D eigenvalue weighted by Crippen LogP contribution is 2.41. The molecule has 0 fully saturated rings. The van der Waals surface area contributed by atoms with Crippen LogP contribution >= 0.6 is 15.9 Å². The first-order valence-corrected chi connectivity index (χ1v) is 5.29. The SMILES string of the molecule is CC(C)(C)C(=O)OCCC(F)(F)C(F)(F)Br. The minimum absolute atomic E-state index is 0.707. The molecule has 0 amide bonds. The van der Waals surface area contributed by atoms with Gasteiger partial charge >= 0.3 is 16.7 Å². The fraction of sp³-hybridized carbons (Fsp3) is 0.889. The van der Waals surface area contributed by atoms with Gasteiger partial charge in [-0.25, -0.2) is 0 Å². The lowest BCUT2D eigenvalue weighted by Crippen LogP contribution is -2.36. The zero-order valence-electron chi connectivity index (χ0n) is 9.12. The summed E-state index contributed by atoms with van der Waals surface area (Å²) in [5.41, 5.74) is -0.841. The van der Waals surface area contributed by atoms with Crippen LogP contribution in [0.2, 0.25) is 0 Å². The maximum absolute atomic E-state index is 12.7. The second kappa shape index (κ2) is 4.89. The molecule has 0 atom stereocenters. The van der Waals surface area contributed by atoms with Crippen LogP contribution in [-0.4, -0.2) is 23.3 Å². The lowest BCUT2D eigenvalue weighted by Gasteiger charge is -2.22. The molecule has 0 heterocycles. The summed E-state index contributed by atoms with van der Waals surface area (Å²) in [4.78, 5) is 6.84. The number of rotatable bonds is 4. The topological polar surface area (TPSA) is 26.3 Å². The van der Waals surface area contributed by atoms with Gasteiger partial charge < -0.3 is 4.74 Å². The molecule has 0 aromatic carbocycles. The summed E-state index contributed by atoms with van der Waals surface area (Å²) in [5.74, 6) is -4.95. The first-order chi connectivity index (χ1) is 6.88. The molecule has 0 aliphatic carbocycles. The number of carbonyl (C=O) groups excluding carboxylic acids is 1. The quantitative estimate of drug-likeness (QED) is 0.451. The zero-order valence-corrected chi connectivity index (χ0v) is 10.7. The van der Waals surface area contributed by atoms with Crippen LogP contribution in [0.4, 0.5) is 17.6 Å². The van der Waals surface area contributed by atoms with Gasteiger partial charge in [0.15, 0.2) is 0 Å². The first-order valence-electron chi connectivity index (χ1n) is 4.50. The second-order valence-electron chi connectivity index (χ2n) is 4.34. The average Bonchev–Trinajstić information content (AvgIpc) is 1.99. The van der Waals surface area contributed by atoms with E-state index in [1.54, 1.807) is 15.9 Å². The molecule has 0 radical (unpaired) electrons. The fourth-order valence-corrected chi connectivity index (χ4v) is 0.828. The van der Waals surface area contributed by atoms with Crippen molar-refractivity contribution in [1.29, 1.82) is 0 Å². The van der Waals surface area contributed by atoms with Crippen LogP contribution in [0, 0.1) is 5.41 Å². The third kappa shape index (κ3) is 4.67. The van der Waals surface area contributed by atoms with E-state index in [4.69, 9.17) is 0 Å². The van der Waals surface area contributed by atoms with E-state index in [0.717, 1.165) is 0 Å². The Hall–Kier alpha value is -0.330. The van der Waals surface area contributed by atoms with Gasteiger partial charge in [0.25, 0.3) is 0 Å². The molecule has 7 heteroatoms. The molecule has 0 unspecified atom stereocenters. The number of carbonyl (C=O) groups is 1. The number of hydrogen-bond acceptors (Lipinski definition) is 2. The van der Waals surface area contributed by atoms with Crippen molar-refractivity contribution < 1.29 is 27.1 Å². The molecule has 96 valence electrons. The van der Waals surface area contributed by atoms with Gasteiger partial charge in [-0.2, -0.15) is 17.6 Å². The maximum atomic E-state index is 12.7. The summed E-state index contributed by atoms with van der Waals surface area (Å²) < 4.78 is 54.4. The van der Waals surface area contributed by atoms with Crippen molar-refractivity contribution in [2.24, 2.45) is 5.41 Å². The van der Waals surface area contributed by atoms with Gasteiger partial charge in [-0.3, -0.25) is 4.79 Å². The van der Waals surface area contributed by atoms with Crippen molar-refractivity contribution in [2.45, 2.75) is 37.9 Å². The van der Waals surface area contributed by atoms with E-state index in [1.807, 2.05) is 0 Å². The molecule has 0 rings (SSSR count). The standard InChI is InChI=1S/C9H13BrF4O2/c1-7(2,3)6(15)16-5-4-8(11,12)9(10,13)14/h4-5H2,1-3H3. The molecular weight excluding hydrogens is 296 g/mol. The van der Waals surface area contributed by atoms with Gasteiger partial charge in [-0.05, 0) is 36.7 Å². The molecule has 0 aliphatic rings. The Kier molecular flexibility index (Phi) is 4.79. The largest absolute Gasteiger partial charge is 0.465 e. The van der Waals surface area contributed by atoms with Crippen LogP contribution in [0.25, 0.3) is 0 Å². The minimum Gasteiger partial charge on any atom is -0.465 e. The van der Waals surface area contributed by atoms with E-state index >= 15 is 0 Å². The minimum atomic E-state index is -4.30. The van der Waals surface area contributed by atoms with Gasteiger partial charge in [-0.15, -0.1) is 0 Å². The maximum Gasteiger partial charge on any atom is 0.363 e. The predicted octanol–water partition coefficient (Wildman–Crippen LogP) is 3.59. The van der Waals surface area contributed by atoms with Crippen LogP contribution in [0.5, 0.6) is 0 Å². The van der Waals surface area contributed by atoms with Crippen LogP contribution in [0.3, 0.4) is 0 Å². The molecule has 2 nitrogen and oxygen atoms in total. The Morgan fingerprint density at radius 2 is 1.62 bits per heavy atom. The Labute approximate surface area is 99.5 Å². The molecule has 0 aliphatic heterocycles. The van der Waals surface area contributed by atoms with E-state index in [-0.39, 0.29) is 0 Å². The Morgan fingerprint density at radius 3 is 1.94 bits per heavy atom. The van der Waals surface area contributed by atoms with Crippen molar-refractivity contribution in [3.63, 3.8) is 0 Å². The van der Waals surface area contributed by atoms with Gasteiger partial charge in [0.1, 0.15) is 0 Å². The molecule has 0 saturated heterocycles.